The fourth-order valence-electron chi connectivity index (χ4n) is 6.02. The number of esters is 1. The highest BCUT2D eigenvalue weighted by Gasteiger charge is 2.54. The molecule has 0 bridgehead atoms. The lowest BCUT2D eigenvalue weighted by Crippen LogP contribution is -2.62. The molecule has 8 nitrogen and oxygen atoms in total. The molecule has 1 amide bonds. The van der Waals surface area contributed by atoms with Gasteiger partial charge < -0.3 is 9.64 Å². The maximum atomic E-state index is 15.4. The zero-order valence-electron chi connectivity index (χ0n) is 20.6. The summed E-state index contributed by atoms with van der Waals surface area (Å²) in [4.78, 5) is 25.9. The summed E-state index contributed by atoms with van der Waals surface area (Å²) in [7, 11) is 1.84. The summed E-state index contributed by atoms with van der Waals surface area (Å²) in [5.41, 5.74) is 3.86. The highest BCUT2D eigenvalue weighted by Crippen LogP contribution is 2.57. The molecule has 0 atom stereocenters. The molecule has 9 heteroatoms. The predicted molar refractivity (Wildman–Crippen MR) is 133 cm³/mol. The summed E-state index contributed by atoms with van der Waals surface area (Å²) in [6.45, 7) is 5.22. The summed E-state index contributed by atoms with van der Waals surface area (Å²) in [5.74, 6) is -0.401. The average Bonchev–Trinajstić information content (AvgIpc) is 3.32. The minimum atomic E-state index is -0.359. The predicted octanol–water partition coefficient (Wildman–Crippen LogP) is 4.02. The molecule has 1 saturated heterocycles. The van der Waals surface area contributed by atoms with Crippen molar-refractivity contribution < 1.29 is 18.7 Å². The van der Waals surface area contributed by atoms with E-state index >= 15 is 4.39 Å². The average molecular weight is 490 g/mol. The number of hydrogen-bond donors (Lipinski definition) is 0. The molecular weight excluding hydrogens is 461 g/mol. The van der Waals surface area contributed by atoms with Crippen molar-refractivity contribution in [3.8, 4) is 11.1 Å². The van der Waals surface area contributed by atoms with Crippen molar-refractivity contribution in [2.75, 3.05) is 19.7 Å². The Hall–Kier alpha value is -3.75. The number of aryl methyl sites for hydroxylation is 1. The van der Waals surface area contributed by atoms with Crippen molar-refractivity contribution in [2.45, 2.75) is 39.2 Å². The van der Waals surface area contributed by atoms with E-state index in [1.165, 1.54) is 6.07 Å². The van der Waals surface area contributed by atoms with Gasteiger partial charge in [0.15, 0.2) is 0 Å². The molecule has 36 heavy (non-hydrogen) atoms. The van der Waals surface area contributed by atoms with Gasteiger partial charge in [-0.3, -0.25) is 19.0 Å². The molecular formula is C27H28FN5O3. The highest BCUT2D eigenvalue weighted by atomic mass is 19.1. The van der Waals surface area contributed by atoms with Crippen molar-refractivity contribution in [3.63, 3.8) is 0 Å². The normalized spacial score (nSPS) is 16.9. The number of ether oxygens (including phenoxy) is 1. The van der Waals surface area contributed by atoms with Crippen LogP contribution in [0.1, 0.15) is 38.3 Å². The first-order chi connectivity index (χ1) is 17.3. The van der Waals surface area contributed by atoms with Crippen LogP contribution in [0.3, 0.4) is 0 Å². The van der Waals surface area contributed by atoms with Gasteiger partial charge in [-0.25, -0.2) is 4.39 Å². The van der Waals surface area contributed by atoms with E-state index in [0.717, 1.165) is 59.0 Å². The van der Waals surface area contributed by atoms with Crippen molar-refractivity contribution in [2.24, 2.45) is 12.5 Å². The summed E-state index contributed by atoms with van der Waals surface area (Å²) in [5, 5.41) is 10.8. The molecule has 1 aliphatic heterocycles. The lowest BCUT2D eigenvalue weighted by Gasteiger charge is -2.58. The van der Waals surface area contributed by atoms with Crippen LogP contribution >= 0.6 is 0 Å². The zero-order chi connectivity index (χ0) is 25.2. The van der Waals surface area contributed by atoms with Crippen molar-refractivity contribution >= 4 is 33.7 Å². The Bertz CT molecular complexity index is 1520. The molecule has 2 aromatic carbocycles. The van der Waals surface area contributed by atoms with Gasteiger partial charge in [0.1, 0.15) is 12.4 Å². The Labute approximate surface area is 207 Å². The van der Waals surface area contributed by atoms with E-state index in [1.807, 2.05) is 36.2 Å². The second-order valence-corrected chi connectivity index (χ2v) is 10.2. The van der Waals surface area contributed by atoms with Gasteiger partial charge in [-0.1, -0.05) is 12.1 Å². The minimum Gasteiger partial charge on any atom is -0.465 e. The van der Waals surface area contributed by atoms with E-state index in [0.29, 0.717) is 12.2 Å². The summed E-state index contributed by atoms with van der Waals surface area (Å²) < 4.78 is 24.0. The number of nitrogens with zero attached hydrogens (tertiary/aromatic N) is 5. The first-order valence-electron chi connectivity index (χ1n) is 12.3. The van der Waals surface area contributed by atoms with Gasteiger partial charge in [0.2, 0.25) is 5.91 Å². The molecule has 4 aromatic rings. The quantitative estimate of drug-likeness (QED) is 0.396. The summed E-state index contributed by atoms with van der Waals surface area (Å²) >= 11 is 0. The maximum Gasteiger partial charge on any atom is 0.327 e. The summed E-state index contributed by atoms with van der Waals surface area (Å²) in [6, 6.07) is 9.05. The van der Waals surface area contributed by atoms with E-state index in [-0.39, 0.29) is 35.6 Å². The first-order valence-corrected chi connectivity index (χ1v) is 12.3. The van der Waals surface area contributed by atoms with Crippen molar-refractivity contribution in [1.82, 2.24) is 24.5 Å². The smallest absolute Gasteiger partial charge is 0.327 e. The minimum absolute atomic E-state index is 0.00693. The second-order valence-electron chi connectivity index (χ2n) is 10.2. The lowest BCUT2D eigenvalue weighted by atomic mass is 9.56. The molecule has 1 saturated carbocycles. The number of halogens is 1. The molecule has 2 fully saturated rings. The number of amides is 1. The van der Waals surface area contributed by atoms with Crippen LogP contribution in [0.4, 0.5) is 4.39 Å². The molecule has 0 radical (unpaired) electrons. The van der Waals surface area contributed by atoms with Crippen LogP contribution in [-0.2, 0) is 27.9 Å². The van der Waals surface area contributed by atoms with Crippen LogP contribution in [0.15, 0.2) is 36.5 Å². The Morgan fingerprint density at radius 2 is 1.94 bits per heavy atom. The topological polar surface area (TPSA) is 82.2 Å². The molecule has 1 aliphatic carbocycles. The number of rotatable bonds is 5. The third-order valence-electron chi connectivity index (χ3n) is 7.76. The molecule has 2 aromatic heterocycles. The van der Waals surface area contributed by atoms with Crippen LogP contribution < -0.4 is 0 Å². The van der Waals surface area contributed by atoms with Crippen LogP contribution in [0.25, 0.3) is 32.9 Å². The SMILES string of the molecule is CCOC(=O)Cn1nc(C2CC3(C2)CN(C(C)=O)C3)c2c(-c3cc4c(cnn4C)cc3F)cccc21. The maximum absolute atomic E-state index is 15.4. The van der Waals surface area contributed by atoms with Gasteiger partial charge >= 0.3 is 5.97 Å². The molecule has 0 N–H and O–H groups in total. The van der Waals surface area contributed by atoms with Crippen LogP contribution in [0.5, 0.6) is 0 Å². The van der Waals surface area contributed by atoms with E-state index in [4.69, 9.17) is 9.84 Å². The Kier molecular flexibility index (Phi) is 5.14. The molecule has 6 rings (SSSR count). The zero-order valence-corrected chi connectivity index (χ0v) is 20.6. The van der Waals surface area contributed by atoms with E-state index in [1.54, 1.807) is 29.4 Å². The Morgan fingerprint density at radius 3 is 2.67 bits per heavy atom. The van der Waals surface area contributed by atoms with Gasteiger partial charge in [0.05, 0.1) is 29.5 Å². The number of aromatic nitrogens is 4. The molecule has 3 heterocycles. The number of likely N-dealkylation sites (tertiary alicyclic amines) is 1. The molecule has 2 aliphatic rings. The van der Waals surface area contributed by atoms with Gasteiger partial charge in [-0.15, -0.1) is 0 Å². The summed E-state index contributed by atoms with van der Waals surface area (Å²) in [6.07, 6.45) is 3.49. The first kappa shape index (κ1) is 22.7. The highest BCUT2D eigenvalue weighted by molar-refractivity contribution is 5.99. The second kappa shape index (κ2) is 8.15. The number of carbonyl (C=O) groups excluding carboxylic acids is 2. The fraction of sp³-hybridized carbons (Fsp3) is 0.407. The monoisotopic (exact) mass is 489 g/mol. The number of hydrogen-bond acceptors (Lipinski definition) is 5. The van der Waals surface area contributed by atoms with E-state index < -0.39 is 0 Å². The molecule has 186 valence electrons. The number of benzene rings is 2. The third kappa shape index (κ3) is 3.48. The van der Waals surface area contributed by atoms with E-state index in [9.17, 15) is 9.59 Å². The van der Waals surface area contributed by atoms with E-state index in [2.05, 4.69) is 5.10 Å². The van der Waals surface area contributed by atoms with Crippen molar-refractivity contribution in [1.29, 1.82) is 0 Å². The Balaban J connectivity index is 1.45. The largest absolute Gasteiger partial charge is 0.465 e. The Morgan fingerprint density at radius 1 is 1.17 bits per heavy atom. The fourth-order valence-corrected chi connectivity index (χ4v) is 6.02. The molecule has 1 spiro atoms. The van der Waals surface area contributed by atoms with Gasteiger partial charge in [-0.2, -0.15) is 10.2 Å². The molecule has 0 unspecified atom stereocenters. The lowest BCUT2D eigenvalue weighted by molar-refractivity contribution is -0.149. The van der Waals surface area contributed by atoms with Crippen molar-refractivity contribution in [3.05, 3.63) is 48.0 Å². The van der Waals surface area contributed by atoms with Gasteiger partial charge in [0.25, 0.3) is 0 Å². The van der Waals surface area contributed by atoms with Crippen LogP contribution in [-0.4, -0.2) is 56.0 Å². The third-order valence-corrected chi connectivity index (χ3v) is 7.76. The standard InChI is InChI=1S/C27H28FN5O3/c1-4-36-24(35)13-33-22-7-5-6-19(20-9-23-17(8-21(20)28)12-29-31(23)3)25(22)26(30-33)18-10-27(11-18)14-32(15-27)16(2)34/h5-9,12,18H,4,10-11,13-15H2,1-3H3. The van der Waals surface area contributed by atoms with Crippen LogP contribution in [0, 0.1) is 11.2 Å². The number of carbonyl (C=O) groups is 2. The van der Waals surface area contributed by atoms with Crippen LogP contribution in [0.2, 0.25) is 0 Å². The number of fused-ring (bicyclic) bond motifs is 2. The van der Waals surface area contributed by atoms with Gasteiger partial charge in [0, 0.05) is 54.7 Å². The van der Waals surface area contributed by atoms with Gasteiger partial charge in [-0.05, 0) is 43.5 Å².